The van der Waals surface area contributed by atoms with E-state index in [0.717, 1.165) is 0 Å². The molecule has 0 atom stereocenters. The Morgan fingerprint density at radius 1 is 1.08 bits per heavy atom. The zero-order valence-electron chi connectivity index (χ0n) is 7.63. The van der Waals surface area contributed by atoms with Crippen molar-refractivity contribution in [3.8, 4) is 0 Å². The molecule has 1 aromatic carbocycles. The van der Waals surface area contributed by atoms with Gasteiger partial charge in [-0.1, -0.05) is 12.1 Å². The Hall–Kier alpha value is -0.0913. The van der Waals surface area contributed by atoms with E-state index < -0.39 is 0 Å². The predicted molar refractivity (Wildman–Crippen MR) is 51.7 cm³/mol. The summed E-state index contributed by atoms with van der Waals surface area (Å²) in [5.74, 6) is -0.139. The summed E-state index contributed by atoms with van der Waals surface area (Å²) >= 11 is 0. The van der Waals surface area contributed by atoms with Crippen molar-refractivity contribution in [1.82, 2.24) is 4.48 Å². The van der Waals surface area contributed by atoms with Crippen molar-refractivity contribution in [1.29, 1.82) is 0 Å². The van der Waals surface area contributed by atoms with Crippen LogP contribution in [0, 0.1) is 5.82 Å². The number of nitrogens with zero attached hydrogens (tertiary/aromatic N) is 1. The molecule has 0 saturated heterocycles. The molecule has 1 rings (SSSR count). The number of para-hydroxylation sites is 1. The van der Waals surface area contributed by atoms with Crippen molar-refractivity contribution in [3.05, 3.63) is 30.1 Å². The molecule has 12 heavy (non-hydrogen) atoms. The fraction of sp³-hybridized carbons (Fsp3) is 0.333. The van der Waals surface area contributed by atoms with E-state index in [1.54, 1.807) is 12.1 Å². The van der Waals surface area contributed by atoms with Crippen LogP contribution in [0.3, 0.4) is 0 Å². The molecule has 0 heterocycles. The first-order chi connectivity index (χ1) is 5.02. The molecule has 0 unspecified atom stereocenters. The van der Waals surface area contributed by atoms with Gasteiger partial charge in [-0.15, -0.1) is 0 Å². The first kappa shape index (κ1) is 11.9. The smallest absolute Gasteiger partial charge is 0.183 e. The summed E-state index contributed by atoms with van der Waals surface area (Å²) in [7, 11) is 5.83. The number of hydrogen-bond acceptors (Lipinski definition) is 0. The minimum Gasteiger partial charge on any atom is -0.296 e. The number of halogens is 1. The number of hydrogen-bond donors (Lipinski definition) is 0. The van der Waals surface area contributed by atoms with E-state index in [1.165, 1.54) is 6.07 Å². The Labute approximate surface area is 89.7 Å². The molecule has 0 bridgehead atoms. The predicted octanol–water partition coefficient (Wildman–Crippen LogP) is 1.64. The molecule has 64 valence electrons. The minimum atomic E-state index is -0.139. The molecule has 4 radical (unpaired) electrons. The van der Waals surface area contributed by atoms with E-state index in [-0.39, 0.29) is 29.7 Å². The quantitative estimate of drug-likeness (QED) is 0.539. The fourth-order valence-electron chi connectivity index (χ4n) is 0.996. The molecule has 0 amide bonds. The van der Waals surface area contributed by atoms with Gasteiger partial charge in [-0.2, -0.15) is 0 Å². The number of quaternary nitrogens is 1. The van der Waals surface area contributed by atoms with Crippen molar-refractivity contribution < 1.29 is 4.39 Å². The average Bonchev–Trinajstić information content (AvgIpc) is 1.86. The van der Waals surface area contributed by atoms with Crippen molar-refractivity contribution in [3.63, 3.8) is 0 Å². The van der Waals surface area contributed by atoms with Crippen molar-refractivity contribution >= 4 is 29.6 Å². The Kier molecular flexibility index (Phi) is 4.20. The van der Waals surface area contributed by atoms with E-state index in [0.29, 0.717) is 10.2 Å². The largest absolute Gasteiger partial charge is 0.296 e. The van der Waals surface area contributed by atoms with E-state index in [9.17, 15) is 4.39 Å². The van der Waals surface area contributed by atoms with Gasteiger partial charge in [0.15, 0.2) is 11.5 Å². The van der Waals surface area contributed by atoms with Gasteiger partial charge in [-0.3, -0.25) is 4.48 Å². The maximum atomic E-state index is 13.1. The summed E-state index contributed by atoms with van der Waals surface area (Å²) in [6.07, 6.45) is 0. The fourth-order valence-corrected chi connectivity index (χ4v) is 0.996. The van der Waals surface area contributed by atoms with Gasteiger partial charge < -0.3 is 0 Å². The van der Waals surface area contributed by atoms with Crippen LogP contribution in [0.1, 0.15) is 0 Å². The maximum Gasteiger partial charge on any atom is 0.183 e. The van der Waals surface area contributed by atoms with Gasteiger partial charge in [-0.05, 0) is 6.07 Å². The third kappa shape index (κ3) is 2.75. The molecule has 0 aliphatic rings. The van der Waals surface area contributed by atoms with Crippen LogP contribution in [-0.4, -0.2) is 45.1 Å². The normalized spacial score (nSPS) is 10.7. The average molecular weight is 273 g/mol. The molecule has 0 aliphatic heterocycles. The van der Waals surface area contributed by atoms with Gasteiger partial charge in [0.2, 0.25) is 0 Å². The van der Waals surface area contributed by atoms with E-state index in [1.807, 2.05) is 27.2 Å². The maximum absolute atomic E-state index is 13.1. The number of benzene rings is 1. The van der Waals surface area contributed by atoms with Gasteiger partial charge in [0.05, 0.1) is 21.1 Å². The van der Waals surface area contributed by atoms with Crippen LogP contribution in [0.15, 0.2) is 24.3 Å². The van der Waals surface area contributed by atoms with E-state index in [4.69, 9.17) is 0 Å². The summed E-state index contributed by atoms with van der Waals surface area (Å²) in [4.78, 5) is 0. The summed E-state index contributed by atoms with van der Waals surface area (Å²) in [5, 5.41) is 0. The second-order valence-electron chi connectivity index (χ2n) is 3.46. The molecule has 0 saturated carbocycles. The molecule has 0 spiro atoms. The summed E-state index contributed by atoms with van der Waals surface area (Å²) in [6.45, 7) is 0. The van der Waals surface area contributed by atoms with Crippen LogP contribution in [0.2, 0.25) is 0 Å². The van der Waals surface area contributed by atoms with Crippen molar-refractivity contribution in [2.24, 2.45) is 0 Å². The van der Waals surface area contributed by atoms with Crippen molar-refractivity contribution in [2.75, 3.05) is 21.1 Å². The Morgan fingerprint density at radius 3 is 1.92 bits per heavy atom. The van der Waals surface area contributed by atoms with Gasteiger partial charge in [-0.25, -0.2) is 4.39 Å². The standard InChI is InChI=1S/C9H13FN.Sn/c1-11(2,3)9-7-5-4-6-8(9)10;/h4-7H,1-3H3;/q+1;. The van der Waals surface area contributed by atoms with Crippen LogP contribution in [-0.2, 0) is 0 Å². The van der Waals surface area contributed by atoms with Gasteiger partial charge in [0, 0.05) is 30.0 Å². The zero-order chi connectivity index (χ0) is 8.48. The topological polar surface area (TPSA) is 0 Å². The SMILES string of the molecule is C[N+](C)(C)c1ccccc1F.[Sn]. The third-order valence-corrected chi connectivity index (χ3v) is 1.58. The third-order valence-electron chi connectivity index (χ3n) is 1.58. The van der Waals surface area contributed by atoms with Crippen LogP contribution in [0.5, 0.6) is 0 Å². The molecular formula is C9H13FNSn+. The summed E-state index contributed by atoms with van der Waals surface area (Å²) in [5.41, 5.74) is 0.715. The van der Waals surface area contributed by atoms with E-state index >= 15 is 0 Å². The van der Waals surface area contributed by atoms with Crippen LogP contribution in [0.25, 0.3) is 0 Å². The van der Waals surface area contributed by atoms with Gasteiger partial charge >= 0.3 is 0 Å². The second kappa shape index (κ2) is 4.23. The molecule has 0 fully saturated rings. The summed E-state index contributed by atoms with van der Waals surface area (Å²) in [6, 6.07) is 6.84. The molecule has 0 N–H and O–H groups in total. The number of rotatable bonds is 1. The van der Waals surface area contributed by atoms with Crippen LogP contribution < -0.4 is 4.48 Å². The molecule has 1 aromatic rings. The first-order valence-electron chi connectivity index (χ1n) is 3.58. The molecular weight excluding hydrogens is 260 g/mol. The minimum absolute atomic E-state index is 0. The van der Waals surface area contributed by atoms with Crippen molar-refractivity contribution in [2.45, 2.75) is 0 Å². The van der Waals surface area contributed by atoms with Gasteiger partial charge in [0.1, 0.15) is 0 Å². The zero-order valence-corrected chi connectivity index (χ0v) is 10.5. The molecule has 3 heteroatoms. The molecule has 0 aliphatic carbocycles. The van der Waals surface area contributed by atoms with Gasteiger partial charge in [0.25, 0.3) is 0 Å². The summed E-state index contributed by atoms with van der Waals surface area (Å²) < 4.78 is 13.6. The Balaban J connectivity index is 0.00000121. The van der Waals surface area contributed by atoms with E-state index in [2.05, 4.69) is 0 Å². The first-order valence-corrected chi connectivity index (χ1v) is 3.58. The molecule has 1 nitrogen and oxygen atoms in total. The second-order valence-corrected chi connectivity index (χ2v) is 3.46. The Morgan fingerprint density at radius 2 is 1.58 bits per heavy atom. The Bertz CT molecular complexity index is 255. The molecule has 0 aromatic heterocycles. The van der Waals surface area contributed by atoms with Crippen LogP contribution >= 0.6 is 0 Å². The van der Waals surface area contributed by atoms with Crippen LogP contribution in [0.4, 0.5) is 10.1 Å². The monoisotopic (exact) mass is 274 g/mol.